The van der Waals surface area contributed by atoms with Crippen molar-refractivity contribution in [1.82, 2.24) is 14.1 Å². The number of halogens is 3. The first-order valence-electron chi connectivity index (χ1n) is 13.1. The molecule has 42 heavy (non-hydrogen) atoms. The Morgan fingerprint density at radius 3 is 2.33 bits per heavy atom. The molecule has 0 N–H and O–H groups in total. The Kier molecular flexibility index (Phi) is 7.74. The van der Waals surface area contributed by atoms with E-state index in [4.69, 9.17) is 4.74 Å². The number of benzene rings is 2. The third-order valence-electron chi connectivity index (χ3n) is 7.47. The summed E-state index contributed by atoms with van der Waals surface area (Å²) in [5.74, 6) is -0.385. The number of sulfonamides is 1. The van der Waals surface area contributed by atoms with Gasteiger partial charge >= 0.3 is 11.7 Å². The molecular weight excluding hydrogens is 579 g/mol. The summed E-state index contributed by atoms with van der Waals surface area (Å²) in [4.78, 5) is 25.6. The molecule has 0 spiro atoms. The highest BCUT2D eigenvalue weighted by Gasteiger charge is 2.39. The molecule has 5 rings (SSSR count). The van der Waals surface area contributed by atoms with Crippen molar-refractivity contribution in [2.24, 2.45) is 5.41 Å². The number of piperazine rings is 1. The zero-order chi connectivity index (χ0) is 30.3. The minimum Gasteiger partial charge on any atom is -0.486 e. The van der Waals surface area contributed by atoms with Crippen LogP contribution in [-0.4, -0.2) is 60.2 Å². The third-order valence-corrected chi connectivity index (χ3v) is 9.32. The highest BCUT2D eigenvalue weighted by Crippen LogP contribution is 2.45. The monoisotopic (exact) mass is 607 g/mol. The van der Waals surface area contributed by atoms with Crippen LogP contribution in [0.2, 0.25) is 0 Å². The van der Waals surface area contributed by atoms with Crippen molar-refractivity contribution in [3.8, 4) is 11.4 Å². The second kappa shape index (κ2) is 11.0. The van der Waals surface area contributed by atoms with Gasteiger partial charge in [0, 0.05) is 43.7 Å². The van der Waals surface area contributed by atoms with Crippen molar-refractivity contribution in [3.05, 3.63) is 86.3 Å². The summed E-state index contributed by atoms with van der Waals surface area (Å²) in [7, 11) is -3.74. The molecule has 0 radical (unpaired) electrons. The lowest BCUT2D eigenvalue weighted by Crippen LogP contribution is -2.49. The van der Waals surface area contributed by atoms with Crippen LogP contribution >= 0.6 is 0 Å². The van der Waals surface area contributed by atoms with Crippen molar-refractivity contribution in [2.45, 2.75) is 31.7 Å². The second-order valence-corrected chi connectivity index (χ2v) is 12.8. The van der Waals surface area contributed by atoms with Gasteiger partial charge in [-0.2, -0.15) is 27.3 Å². The van der Waals surface area contributed by atoms with E-state index in [1.165, 1.54) is 46.9 Å². The highest BCUT2D eigenvalue weighted by atomic mass is 32.2. The molecule has 1 aliphatic carbocycles. The summed E-state index contributed by atoms with van der Waals surface area (Å²) in [5.41, 5.74) is -1.19. The fraction of sp³-hybridized carbons (Fsp3) is 0.407. The van der Waals surface area contributed by atoms with Gasteiger partial charge in [0.05, 0.1) is 34.7 Å². The molecule has 2 fully saturated rings. The van der Waals surface area contributed by atoms with Gasteiger partial charge in [-0.1, -0.05) is 25.1 Å². The van der Waals surface area contributed by atoms with Crippen LogP contribution in [-0.2, 0) is 22.0 Å². The largest absolute Gasteiger partial charge is 0.486 e. The van der Waals surface area contributed by atoms with Gasteiger partial charge in [0.25, 0.3) is 5.69 Å². The number of nitrogens with zero attached hydrogens (tertiary/aromatic N) is 5. The van der Waals surface area contributed by atoms with E-state index in [0.29, 0.717) is 11.3 Å². The zero-order valence-corrected chi connectivity index (χ0v) is 23.4. The van der Waals surface area contributed by atoms with Crippen molar-refractivity contribution in [3.63, 3.8) is 0 Å². The Morgan fingerprint density at radius 1 is 1.07 bits per heavy atom. The Morgan fingerprint density at radius 2 is 1.74 bits per heavy atom. The summed E-state index contributed by atoms with van der Waals surface area (Å²) in [5, 5.41) is 15.0. The van der Waals surface area contributed by atoms with Gasteiger partial charge in [-0.25, -0.2) is 8.42 Å². The molecule has 1 aromatic heterocycles. The lowest BCUT2D eigenvalue weighted by atomic mass is 10.2. The standard InChI is InChI=1S/C27H28F3N5O6S/c1-26(9-10-26)18-41-24-23(16-31-34(25(24)36)22-4-2-3-20(15-22)27(28,29)30)32-11-13-33(14-12-32)42(39,40)17-19-5-7-21(8-6-19)35(37)38/h2-8,15-16H,9-14,17-18H2,1H3. The number of ether oxygens (including phenoxy) is 1. The van der Waals surface area contributed by atoms with E-state index >= 15 is 0 Å². The topological polar surface area (TPSA) is 128 Å². The molecular formula is C27H28F3N5O6S. The van der Waals surface area contributed by atoms with Gasteiger partial charge in [0.2, 0.25) is 15.8 Å². The quantitative estimate of drug-likeness (QED) is 0.264. The first kappa shape index (κ1) is 29.5. The number of nitro benzene ring substituents is 1. The summed E-state index contributed by atoms with van der Waals surface area (Å²) < 4.78 is 74.2. The van der Waals surface area contributed by atoms with Gasteiger partial charge in [-0.15, -0.1) is 0 Å². The molecule has 1 saturated heterocycles. The highest BCUT2D eigenvalue weighted by molar-refractivity contribution is 7.88. The Hall–Kier alpha value is -3.98. The van der Waals surface area contributed by atoms with Crippen molar-refractivity contribution >= 4 is 21.4 Å². The molecule has 0 amide bonds. The number of aromatic nitrogens is 2. The number of anilines is 1. The minimum absolute atomic E-state index is 0.0577. The first-order chi connectivity index (χ1) is 19.8. The predicted octanol–water partition coefficient (Wildman–Crippen LogP) is 3.99. The summed E-state index contributed by atoms with van der Waals surface area (Å²) in [6, 6.07) is 9.61. The van der Waals surface area contributed by atoms with Crippen LogP contribution in [0.25, 0.3) is 5.69 Å². The van der Waals surface area contributed by atoms with Crippen LogP contribution in [0.15, 0.2) is 59.5 Å². The Labute approximate surface area is 239 Å². The summed E-state index contributed by atoms with van der Waals surface area (Å²) in [6.45, 7) is 2.87. The maximum Gasteiger partial charge on any atom is 0.416 e. The molecule has 2 heterocycles. The average Bonchev–Trinajstić information content (AvgIpc) is 3.69. The van der Waals surface area contributed by atoms with Crippen molar-refractivity contribution < 1.29 is 31.2 Å². The van der Waals surface area contributed by atoms with Crippen LogP contribution in [0.4, 0.5) is 24.5 Å². The molecule has 2 aromatic carbocycles. The van der Waals surface area contributed by atoms with Crippen LogP contribution in [0.1, 0.15) is 30.9 Å². The molecule has 1 aliphatic heterocycles. The predicted molar refractivity (Wildman–Crippen MR) is 147 cm³/mol. The first-order valence-corrected chi connectivity index (χ1v) is 14.8. The van der Waals surface area contributed by atoms with Crippen LogP contribution < -0.4 is 15.2 Å². The average molecular weight is 608 g/mol. The minimum atomic E-state index is -4.60. The molecule has 0 unspecified atom stereocenters. The third kappa shape index (κ3) is 6.41. The fourth-order valence-electron chi connectivity index (χ4n) is 4.62. The Balaban J connectivity index is 1.36. The molecule has 224 valence electrons. The molecule has 11 nitrogen and oxygen atoms in total. The van der Waals surface area contributed by atoms with E-state index in [0.717, 1.165) is 29.7 Å². The second-order valence-electron chi connectivity index (χ2n) is 10.8. The smallest absolute Gasteiger partial charge is 0.416 e. The normalized spacial score (nSPS) is 17.2. The summed E-state index contributed by atoms with van der Waals surface area (Å²) in [6.07, 6.45) is -1.41. The van der Waals surface area contributed by atoms with Gasteiger partial charge in [0.15, 0.2) is 0 Å². The van der Waals surface area contributed by atoms with Crippen LogP contribution in [0.3, 0.4) is 0 Å². The maximum absolute atomic E-state index is 13.5. The lowest BCUT2D eigenvalue weighted by molar-refractivity contribution is -0.384. The molecule has 3 aromatic rings. The molecule has 2 aliphatic rings. The lowest BCUT2D eigenvalue weighted by Gasteiger charge is -2.35. The number of hydrogen-bond acceptors (Lipinski definition) is 8. The molecule has 15 heteroatoms. The molecule has 0 atom stereocenters. The van der Waals surface area contributed by atoms with Crippen LogP contribution in [0, 0.1) is 15.5 Å². The van der Waals surface area contributed by atoms with Gasteiger partial charge in [-0.05, 0) is 36.6 Å². The number of alkyl halides is 3. The van der Waals surface area contributed by atoms with E-state index in [1.807, 2.05) is 6.92 Å². The maximum atomic E-state index is 13.5. The molecule has 1 saturated carbocycles. The van der Waals surface area contributed by atoms with E-state index in [-0.39, 0.29) is 61.1 Å². The van der Waals surface area contributed by atoms with Gasteiger partial charge < -0.3 is 9.64 Å². The van der Waals surface area contributed by atoms with Crippen molar-refractivity contribution in [2.75, 3.05) is 37.7 Å². The van der Waals surface area contributed by atoms with Gasteiger partial charge in [0.1, 0.15) is 5.69 Å². The van der Waals surface area contributed by atoms with E-state index in [1.54, 1.807) is 4.90 Å². The molecule has 0 bridgehead atoms. The fourth-order valence-corrected chi connectivity index (χ4v) is 6.13. The van der Waals surface area contributed by atoms with Gasteiger partial charge in [-0.3, -0.25) is 14.9 Å². The number of rotatable bonds is 9. The van der Waals surface area contributed by atoms with E-state index < -0.39 is 32.2 Å². The zero-order valence-electron chi connectivity index (χ0n) is 22.6. The van der Waals surface area contributed by atoms with Crippen LogP contribution in [0.5, 0.6) is 5.75 Å². The SMILES string of the molecule is CC1(COc2c(N3CCN(S(=O)(=O)Cc4ccc([N+](=O)[O-])cc4)CC3)cnn(-c3cccc(C(F)(F)F)c3)c2=O)CC1. The van der Waals surface area contributed by atoms with E-state index in [2.05, 4.69) is 5.10 Å². The summed E-state index contributed by atoms with van der Waals surface area (Å²) >= 11 is 0. The number of nitro groups is 1. The van der Waals surface area contributed by atoms with E-state index in [9.17, 15) is 36.5 Å². The number of hydrogen-bond donors (Lipinski definition) is 0. The Bertz CT molecular complexity index is 1650. The number of non-ortho nitro benzene ring substituents is 1. The van der Waals surface area contributed by atoms with Crippen molar-refractivity contribution in [1.29, 1.82) is 0 Å².